The standard InChI is InChI=1S/C23H30BrN3O4S/c1-16(2)25-23(29)18(4)26(14-19-10-8-9-17(3)13-19)22(28)15-27(32(5,30)31)21-12-7-6-11-20(21)24/h6-13,16,18H,14-15H2,1-5H3,(H,25,29)/t18-/m1/s1. The van der Waals surface area contributed by atoms with Crippen LogP contribution in [0.3, 0.4) is 0 Å². The molecule has 7 nitrogen and oxygen atoms in total. The van der Waals surface area contributed by atoms with Gasteiger partial charge in [-0.3, -0.25) is 13.9 Å². The van der Waals surface area contributed by atoms with E-state index in [1.165, 1.54) is 4.90 Å². The van der Waals surface area contributed by atoms with Crippen LogP contribution in [0.25, 0.3) is 0 Å². The van der Waals surface area contributed by atoms with Crippen LogP contribution in [-0.4, -0.2) is 50.0 Å². The molecule has 0 saturated carbocycles. The average Bonchev–Trinajstić information content (AvgIpc) is 2.69. The highest BCUT2D eigenvalue weighted by Crippen LogP contribution is 2.28. The molecule has 32 heavy (non-hydrogen) atoms. The third-order valence-corrected chi connectivity index (χ3v) is 6.63. The molecule has 0 unspecified atom stereocenters. The summed E-state index contributed by atoms with van der Waals surface area (Å²) in [5, 5.41) is 2.83. The van der Waals surface area contributed by atoms with Gasteiger partial charge in [0.15, 0.2) is 0 Å². The summed E-state index contributed by atoms with van der Waals surface area (Å²) >= 11 is 3.36. The highest BCUT2D eigenvalue weighted by molar-refractivity contribution is 9.10. The lowest BCUT2D eigenvalue weighted by molar-refractivity contribution is -0.139. The van der Waals surface area contributed by atoms with Crippen molar-refractivity contribution >= 4 is 43.5 Å². The van der Waals surface area contributed by atoms with E-state index in [1.54, 1.807) is 31.2 Å². The normalized spacial score (nSPS) is 12.3. The van der Waals surface area contributed by atoms with Crippen molar-refractivity contribution in [1.29, 1.82) is 0 Å². The lowest BCUT2D eigenvalue weighted by atomic mass is 10.1. The summed E-state index contributed by atoms with van der Waals surface area (Å²) in [5.74, 6) is -0.771. The highest BCUT2D eigenvalue weighted by atomic mass is 79.9. The minimum absolute atomic E-state index is 0.0892. The second-order valence-corrected chi connectivity index (χ2v) is 10.8. The van der Waals surface area contributed by atoms with E-state index in [2.05, 4.69) is 21.2 Å². The van der Waals surface area contributed by atoms with Crippen molar-refractivity contribution in [2.75, 3.05) is 17.1 Å². The maximum atomic E-state index is 13.4. The number of aryl methyl sites for hydroxylation is 1. The number of anilines is 1. The van der Waals surface area contributed by atoms with Crippen LogP contribution in [0.15, 0.2) is 53.0 Å². The number of hydrogen-bond donors (Lipinski definition) is 1. The van der Waals surface area contributed by atoms with Crippen LogP contribution in [0.5, 0.6) is 0 Å². The fourth-order valence-corrected chi connectivity index (χ4v) is 4.72. The van der Waals surface area contributed by atoms with E-state index in [0.717, 1.165) is 21.7 Å². The lowest BCUT2D eigenvalue weighted by Crippen LogP contribution is -2.52. The van der Waals surface area contributed by atoms with E-state index >= 15 is 0 Å². The number of carbonyl (C=O) groups excluding carboxylic acids is 2. The SMILES string of the molecule is Cc1cccc(CN(C(=O)CN(c2ccccc2Br)S(C)(=O)=O)[C@H](C)C(=O)NC(C)C)c1. The maximum Gasteiger partial charge on any atom is 0.244 e. The molecule has 2 aromatic rings. The Morgan fingerprint density at radius 1 is 1.06 bits per heavy atom. The van der Waals surface area contributed by atoms with Gasteiger partial charge in [-0.1, -0.05) is 42.0 Å². The Morgan fingerprint density at radius 3 is 2.28 bits per heavy atom. The van der Waals surface area contributed by atoms with Crippen LogP contribution in [-0.2, 0) is 26.2 Å². The minimum atomic E-state index is -3.76. The monoisotopic (exact) mass is 523 g/mol. The minimum Gasteiger partial charge on any atom is -0.352 e. The van der Waals surface area contributed by atoms with Crippen molar-refractivity contribution in [3.63, 3.8) is 0 Å². The Bertz CT molecular complexity index is 1070. The third-order valence-electron chi connectivity index (χ3n) is 4.83. The predicted molar refractivity (Wildman–Crippen MR) is 131 cm³/mol. The summed E-state index contributed by atoms with van der Waals surface area (Å²) in [4.78, 5) is 27.6. The lowest BCUT2D eigenvalue weighted by Gasteiger charge is -2.32. The van der Waals surface area contributed by atoms with Gasteiger partial charge < -0.3 is 10.2 Å². The quantitative estimate of drug-likeness (QED) is 0.545. The molecule has 0 spiro atoms. The molecule has 0 fully saturated rings. The van der Waals surface area contributed by atoms with E-state index in [9.17, 15) is 18.0 Å². The fourth-order valence-electron chi connectivity index (χ4n) is 3.24. The maximum absolute atomic E-state index is 13.4. The zero-order valence-electron chi connectivity index (χ0n) is 19.0. The number of amides is 2. The molecule has 0 aliphatic carbocycles. The van der Waals surface area contributed by atoms with Crippen molar-refractivity contribution in [2.24, 2.45) is 0 Å². The van der Waals surface area contributed by atoms with Crippen LogP contribution < -0.4 is 9.62 Å². The molecule has 2 amide bonds. The van der Waals surface area contributed by atoms with Crippen molar-refractivity contribution in [3.8, 4) is 0 Å². The Balaban J connectivity index is 2.40. The number of hydrogen-bond acceptors (Lipinski definition) is 4. The Morgan fingerprint density at radius 2 is 1.72 bits per heavy atom. The summed E-state index contributed by atoms with van der Waals surface area (Å²) in [6.07, 6.45) is 1.06. The third kappa shape index (κ3) is 7.06. The molecule has 0 bridgehead atoms. The van der Waals surface area contributed by atoms with Crippen LogP contribution in [0.4, 0.5) is 5.69 Å². The van der Waals surface area contributed by atoms with Crippen molar-refractivity contribution < 1.29 is 18.0 Å². The molecule has 2 aromatic carbocycles. The molecule has 1 N–H and O–H groups in total. The van der Waals surface area contributed by atoms with E-state index in [4.69, 9.17) is 0 Å². The zero-order valence-corrected chi connectivity index (χ0v) is 21.4. The molecule has 0 aromatic heterocycles. The molecular formula is C23H30BrN3O4S. The molecule has 0 aliphatic rings. The van der Waals surface area contributed by atoms with Crippen molar-refractivity contribution in [1.82, 2.24) is 10.2 Å². The average molecular weight is 524 g/mol. The van der Waals surface area contributed by atoms with Crippen LogP contribution in [0.2, 0.25) is 0 Å². The largest absolute Gasteiger partial charge is 0.352 e. The summed E-state index contributed by atoms with van der Waals surface area (Å²) in [7, 11) is -3.76. The van der Waals surface area contributed by atoms with Gasteiger partial charge in [-0.15, -0.1) is 0 Å². The topological polar surface area (TPSA) is 86.8 Å². The molecule has 2 rings (SSSR count). The number of carbonyl (C=O) groups is 2. The first kappa shape index (κ1) is 25.9. The molecule has 9 heteroatoms. The van der Waals surface area contributed by atoms with E-state index in [0.29, 0.717) is 10.2 Å². The first-order valence-electron chi connectivity index (χ1n) is 10.3. The highest BCUT2D eigenvalue weighted by Gasteiger charge is 2.30. The van der Waals surface area contributed by atoms with E-state index < -0.39 is 28.5 Å². The number of halogens is 1. The van der Waals surface area contributed by atoms with Gasteiger partial charge in [-0.25, -0.2) is 8.42 Å². The van der Waals surface area contributed by atoms with Gasteiger partial charge in [0.2, 0.25) is 21.8 Å². The van der Waals surface area contributed by atoms with Crippen LogP contribution >= 0.6 is 15.9 Å². The molecule has 0 aliphatic heterocycles. The molecule has 1 atom stereocenters. The smallest absolute Gasteiger partial charge is 0.244 e. The summed E-state index contributed by atoms with van der Waals surface area (Å²) in [6, 6.07) is 13.6. The number of para-hydroxylation sites is 1. The van der Waals surface area contributed by atoms with Crippen molar-refractivity contribution in [3.05, 3.63) is 64.1 Å². The van der Waals surface area contributed by atoms with E-state index in [-0.39, 0.29) is 18.5 Å². The molecular weight excluding hydrogens is 494 g/mol. The number of rotatable bonds is 9. The van der Waals surface area contributed by atoms with Gasteiger partial charge in [-0.2, -0.15) is 0 Å². The van der Waals surface area contributed by atoms with Gasteiger partial charge >= 0.3 is 0 Å². The molecule has 174 valence electrons. The van der Waals surface area contributed by atoms with Gasteiger partial charge in [0, 0.05) is 17.1 Å². The number of nitrogens with one attached hydrogen (secondary N) is 1. The van der Waals surface area contributed by atoms with Crippen LogP contribution in [0, 0.1) is 6.92 Å². The zero-order chi connectivity index (χ0) is 24.1. The number of sulfonamides is 1. The number of nitrogens with zero attached hydrogens (tertiary/aromatic N) is 2. The van der Waals surface area contributed by atoms with Gasteiger partial charge in [-0.05, 0) is 61.3 Å². The molecule has 0 saturated heterocycles. The van der Waals surface area contributed by atoms with Gasteiger partial charge in [0.25, 0.3) is 0 Å². The number of benzene rings is 2. The van der Waals surface area contributed by atoms with Crippen molar-refractivity contribution in [2.45, 2.75) is 46.3 Å². The van der Waals surface area contributed by atoms with E-state index in [1.807, 2.05) is 45.0 Å². The first-order valence-corrected chi connectivity index (χ1v) is 12.9. The van der Waals surface area contributed by atoms with Gasteiger partial charge in [0.05, 0.1) is 11.9 Å². The van der Waals surface area contributed by atoms with Gasteiger partial charge in [0.1, 0.15) is 12.6 Å². The first-order chi connectivity index (χ1) is 14.9. The second kappa shape index (κ2) is 11.0. The summed E-state index contributed by atoms with van der Waals surface area (Å²) in [6.45, 7) is 7.04. The second-order valence-electron chi connectivity index (χ2n) is 8.07. The molecule has 0 radical (unpaired) electrons. The fraction of sp³-hybridized carbons (Fsp3) is 0.391. The summed E-state index contributed by atoms with van der Waals surface area (Å²) in [5.41, 5.74) is 2.24. The summed E-state index contributed by atoms with van der Waals surface area (Å²) < 4.78 is 26.7. The molecule has 0 heterocycles. The Hall–Kier alpha value is -2.39. The van der Waals surface area contributed by atoms with Crippen LogP contribution in [0.1, 0.15) is 31.9 Å². The Labute approximate surface area is 199 Å². The Kier molecular flexibility index (Phi) is 8.86. The predicted octanol–water partition coefficient (Wildman–Crippen LogP) is 3.47.